The van der Waals surface area contributed by atoms with E-state index in [9.17, 15) is 4.79 Å². The molecule has 1 aromatic rings. The maximum Gasteiger partial charge on any atom is 0.164 e. The number of ether oxygens (including phenoxy) is 1. The third-order valence-corrected chi connectivity index (χ3v) is 2.57. The van der Waals surface area contributed by atoms with Gasteiger partial charge >= 0.3 is 0 Å². The van der Waals surface area contributed by atoms with Gasteiger partial charge in [-0.15, -0.1) is 11.6 Å². The van der Waals surface area contributed by atoms with Crippen LogP contribution in [0.1, 0.15) is 5.56 Å². The zero-order chi connectivity index (χ0) is 10.4. The van der Waals surface area contributed by atoms with E-state index in [-0.39, 0.29) is 25.2 Å². The van der Waals surface area contributed by atoms with Crippen molar-refractivity contribution in [1.29, 1.82) is 1.12 Å². The first kappa shape index (κ1) is 11.9. The van der Waals surface area contributed by atoms with Gasteiger partial charge in [-0.25, -0.2) is 0 Å². The van der Waals surface area contributed by atoms with Gasteiger partial charge in [0.2, 0.25) is 0 Å². The third-order valence-electron chi connectivity index (χ3n) is 1.45. The molecule has 0 heterocycles. The van der Waals surface area contributed by atoms with Crippen LogP contribution in [0.15, 0.2) is 29.2 Å². The summed E-state index contributed by atoms with van der Waals surface area (Å²) in [5.41, 5.74) is 0.897. The monoisotopic (exact) mass is 265 g/mol. The predicted octanol–water partition coefficient (Wildman–Crippen LogP) is 2.50. The van der Waals surface area contributed by atoms with E-state index < -0.39 is 5.97 Å². The average molecular weight is 265 g/mol. The number of hydrogen-bond donors (Lipinski definition) is 1. The molecule has 2 nitrogen and oxygen atoms in total. The molecule has 75 valence electrons. The Morgan fingerprint density at radius 2 is 2.36 bits per heavy atom. The molecule has 0 bridgehead atoms. The van der Waals surface area contributed by atoms with E-state index in [0.717, 1.165) is 22.0 Å². The fraction of sp³-hybridized carbons (Fsp3) is 0.111. The van der Waals surface area contributed by atoms with Gasteiger partial charge in [0.1, 0.15) is 7.73 Å². The molecule has 0 aliphatic rings. The van der Waals surface area contributed by atoms with Crippen LogP contribution in [0.4, 0.5) is 0 Å². The standard InChI is InChI=1S/C9H9O2S2.V/c1-7(10)11-6-8-4-2-3-5-9(8)13-12;/h2-5,12H,1,6H2;/q-1;/i/hD. The molecule has 0 atom stereocenters. The van der Waals surface area contributed by atoms with E-state index in [1.807, 2.05) is 24.3 Å². The fourth-order valence-corrected chi connectivity index (χ4v) is 1.72. The second kappa shape index (κ2) is 7.18. The first-order valence-electron chi connectivity index (χ1n) is 4.01. The molecule has 1 rings (SSSR count). The minimum atomic E-state index is -0.539. The van der Waals surface area contributed by atoms with Crippen molar-refractivity contribution in [3.8, 4) is 0 Å². The number of thiol groups is 1. The third kappa shape index (κ3) is 4.37. The largest absolute Gasteiger partial charge is 0.484 e. The Hall–Kier alpha value is -0.156. The van der Waals surface area contributed by atoms with Crippen molar-refractivity contribution in [2.45, 2.75) is 11.5 Å². The number of rotatable bonds is 4. The van der Waals surface area contributed by atoms with E-state index in [0.29, 0.717) is 0 Å². The SMILES string of the molecule is [2H]SSc1ccccc1COC([CH2-])=O.[V]. The molecule has 0 saturated carbocycles. The molecule has 0 aliphatic carbocycles. The van der Waals surface area contributed by atoms with Crippen LogP contribution in [0.25, 0.3) is 0 Å². The van der Waals surface area contributed by atoms with Gasteiger partial charge in [0.25, 0.3) is 0 Å². The minimum Gasteiger partial charge on any atom is -0.484 e. The molecule has 0 fully saturated rings. The zero-order valence-corrected chi connectivity index (χ0v) is 10.3. The molecule has 0 N–H and O–H groups in total. The van der Waals surface area contributed by atoms with Crippen LogP contribution in [0.2, 0.25) is 0 Å². The van der Waals surface area contributed by atoms with E-state index in [2.05, 4.69) is 6.92 Å². The maximum absolute atomic E-state index is 10.5. The second-order valence-corrected chi connectivity index (χ2v) is 3.46. The Morgan fingerprint density at radius 1 is 1.64 bits per heavy atom. The molecule has 0 aliphatic heterocycles. The van der Waals surface area contributed by atoms with Gasteiger partial charge in [0, 0.05) is 29.0 Å². The first-order valence-corrected chi connectivity index (χ1v) is 5.34. The number of carbonyl (C=O) groups is 1. The number of benzene rings is 1. The quantitative estimate of drug-likeness (QED) is 0.392. The van der Waals surface area contributed by atoms with E-state index in [4.69, 9.17) is 5.86 Å². The molecular weight excluding hydrogens is 255 g/mol. The number of carbonyl (C=O) groups excluding carboxylic acids is 1. The smallest absolute Gasteiger partial charge is 0.164 e. The summed E-state index contributed by atoms with van der Waals surface area (Å²) in [5, 5.41) is 0. The number of hydrogen-bond acceptors (Lipinski definition) is 4. The van der Waals surface area contributed by atoms with Gasteiger partial charge in [-0.2, -0.15) is 0 Å². The van der Waals surface area contributed by atoms with Crippen LogP contribution in [-0.4, -0.2) is 7.09 Å². The first-order chi connectivity index (χ1) is 6.74. The van der Waals surface area contributed by atoms with Crippen LogP contribution in [-0.2, 0) is 34.7 Å². The minimum absolute atomic E-state index is 0. The van der Waals surface area contributed by atoms with Crippen molar-refractivity contribution in [1.82, 2.24) is 0 Å². The van der Waals surface area contributed by atoms with Gasteiger partial charge in [0.15, 0.2) is 5.97 Å². The van der Waals surface area contributed by atoms with Crippen molar-refractivity contribution in [2.75, 3.05) is 0 Å². The fourth-order valence-electron chi connectivity index (χ4n) is 0.863. The Labute approximate surface area is 106 Å². The maximum atomic E-state index is 10.5. The summed E-state index contributed by atoms with van der Waals surface area (Å²) in [5.74, 6) is -0.539. The predicted molar refractivity (Wildman–Crippen MR) is 56.4 cm³/mol. The van der Waals surface area contributed by atoms with Crippen LogP contribution in [0.5, 0.6) is 0 Å². The molecule has 5 heteroatoms. The van der Waals surface area contributed by atoms with Crippen LogP contribution in [0.3, 0.4) is 0 Å². The van der Waals surface area contributed by atoms with Crippen molar-refractivity contribution in [3.05, 3.63) is 36.8 Å². The van der Waals surface area contributed by atoms with Crippen LogP contribution in [0, 0.1) is 6.92 Å². The Balaban J connectivity index is 0.00000196. The van der Waals surface area contributed by atoms with Gasteiger partial charge < -0.3 is 4.74 Å². The molecule has 0 spiro atoms. The van der Waals surface area contributed by atoms with E-state index >= 15 is 0 Å². The van der Waals surface area contributed by atoms with Crippen molar-refractivity contribution < 1.29 is 28.1 Å². The molecule has 0 unspecified atom stereocenters. The molecule has 0 amide bonds. The van der Waals surface area contributed by atoms with Gasteiger partial charge in [-0.3, -0.25) is 11.7 Å². The summed E-state index contributed by atoms with van der Waals surface area (Å²) in [6.07, 6.45) is 0. The van der Waals surface area contributed by atoms with Crippen molar-refractivity contribution in [2.24, 2.45) is 0 Å². The zero-order valence-electron chi connectivity index (χ0n) is 8.30. The Morgan fingerprint density at radius 3 is 3.00 bits per heavy atom. The molecule has 0 aromatic heterocycles. The van der Waals surface area contributed by atoms with E-state index in [1.54, 1.807) is 0 Å². The molecule has 1 aromatic carbocycles. The summed E-state index contributed by atoms with van der Waals surface area (Å²) in [7, 11) is 1.33. The summed E-state index contributed by atoms with van der Waals surface area (Å²) < 4.78 is 11.8. The molecule has 14 heavy (non-hydrogen) atoms. The Kier molecular flexibility index (Phi) is 6.11. The van der Waals surface area contributed by atoms with Crippen molar-refractivity contribution in [3.63, 3.8) is 0 Å². The summed E-state index contributed by atoms with van der Waals surface area (Å²) in [6, 6.07) is 7.50. The number of esters is 1. The molecule has 0 saturated heterocycles. The molecular formula is C9H9O2S2V-. The summed E-state index contributed by atoms with van der Waals surface area (Å²) in [6.45, 7) is 3.33. The van der Waals surface area contributed by atoms with E-state index in [1.165, 1.54) is 10.8 Å². The molecule has 1 radical (unpaired) electrons. The second-order valence-electron chi connectivity index (χ2n) is 2.35. The summed E-state index contributed by atoms with van der Waals surface area (Å²) >= 11 is 0.914. The normalized spacial score (nSPS) is 9.86. The van der Waals surface area contributed by atoms with Crippen LogP contribution < -0.4 is 0 Å². The van der Waals surface area contributed by atoms with Crippen LogP contribution >= 0.6 is 22.4 Å². The Bertz CT molecular complexity index is 323. The topological polar surface area (TPSA) is 26.3 Å². The van der Waals surface area contributed by atoms with Gasteiger partial charge in [-0.1, -0.05) is 29.0 Å². The van der Waals surface area contributed by atoms with Gasteiger partial charge in [-0.05, 0) is 6.07 Å². The van der Waals surface area contributed by atoms with Crippen molar-refractivity contribution >= 4 is 28.3 Å². The van der Waals surface area contributed by atoms with Gasteiger partial charge in [0.05, 0.1) is 0 Å². The average Bonchev–Trinajstić information content (AvgIpc) is 2.17. The summed E-state index contributed by atoms with van der Waals surface area (Å²) in [4.78, 5) is 11.4.